The minimum Gasteiger partial charge on any atom is -0.461 e. The molecule has 1 aromatic carbocycles. The Balaban J connectivity index is 2.20. The van der Waals surface area contributed by atoms with Gasteiger partial charge in [-0.05, 0) is 25.5 Å². The summed E-state index contributed by atoms with van der Waals surface area (Å²) < 4.78 is 6.52. The second-order valence-electron chi connectivity index (χ2n) is 4.89. The molecule has 0 bridgehead atoms. The number of nitrogens with two attached hydrogens (primary N) is 1. The number of nitrogen functional groups attached to an aromatic ring is 1. The van der Waals surface area contributed by atoms with Crippen molar-refractivity contribution in [3.05, 3.63) is 34.3 Å². The van der Waals surface area contributed by atoms with Crippen molar-refractivity contribution in [1.29, 1.82) is 0 Å². The Kier molecular flexibility index (Phi) is 4.95. The second-order valence-corrected chi connectivity index (χ2v) is 5.74. The number of aromatic nitrogens is 3. The third-order valence-corrected chi connectivity index (χ3v) is 3.44. The number of hydrogen-bond donors (Lipinski definition) is 1. The standard InChI is InChI=1S/C14H18BrN5O/c1-9(2)21-14-18-12(16)17-13(19-14)20(3)8-10-6-4-5-7-11(10)15/h4-7,9H,8H2,1-3H3,(H2,16,17,18,19). The van der Waals surface area contributed by atoms with E-state index >= 15 is 0 Å². The summed E-state index contributed by atoms with van der Waals surface area (Å²) in [6.45, 7) is 4.46. The summed E-state index contributed by atoms with van der Waals surface area (Å²) in [4.78, 5) is 14.3. The van der Waals surface area contributed by atoms with Gasteiger partial charge in [0.05, 0.1) is 6.10 Å². The average Bonchev–Trinajstić information content (AvgIpc) is 2.40. The Labute approximate surface area is 132 Å². The summed E-state index contributed by atoms with van der Waals surface area (Å²) in [5.41, 5.74) is 6.85. The molecule has 0 amide bonds. The van der Waals surface area contributed by atoms with E-state index in [4.69, 9.17) is 10.5 Å². The van der Waals surface area contributed by atoms with Crippen molar-refractivity contribution >= 4 is 27.8 Å². The first-order valence-electron chi connectivity index (χ1n) is 6.58. The van der Waals surface area contributed by atoms with Crippen LogP contribution in [0.3, 0.4) is 0 Å². The van der Waals surface area contributed by atoms with E-state index in [-0.39, 0.29) is 18.1 Å². The molecule has 0 radical (unpaired) electrons. The number of anilines is 2. The van der Waals surface area contributed by atoms with Gasteiger partial charge in [0, 0.05) is 18.1 Å². The Bertz CT molecular complexity index is 620. The molecule has 0 saturated heterocycles. The third-order valence-electron chi connectivity index (χ3n) is 2.67. The molecule has 6 nitrogen and oxygen atoms in total. The monoisotopic (exact) mass is 351 g/mol. The highest BCUT2D eigenvalue weighted by Crippen LogP contribution is 2.20. The van der Waals surface area contributed by atoms with E-state index in [0.717, 1.165) is 10.0 Å². The van der Waals surface area contributed by atoms with Crippen LogP contribution in [0.15, 0.2) is 28.7 Å². The molecule has 0 aliphatic heterocycles. The molecule has 0 aliphatic carbocycles. The summed E-state index contributed by atoms with van der Waals surface area (Å²) in [5.74, 6) is 0.628. The first kappa shape index (κ1) is 15.5. The fourth-order valence-corrected chi connectivity index (χ4v) is 2.16. The van der Waals surface area contributed by atoms with Gasteiger partial charge in [0.2, 0.25) is 11.9 Å². The van der Waals surface area contributed by atoms with Crippen molar-refractivity contribution in [3.63, 3.8) is 0 Å². The zero-order valence-electron chi connectivity index (χ0n) is 12.2. The molecule has 1 heterocycles. The van der Waals surface area contributed by atoms with E-state index in [2.05, 4.69) is 30.9 Å². The van der Waals surface area contributed by atoms with Gasteiger partial charge in [-0.1, -0.05) is 34.1 Å². The third kappa shape index (κ3) is 4.29. The molecule has 0 fully saturated rings. The topological polar surface area (TPSA) is 77.2 Å². The van der Waals surface area contributed by atoms with E-state index in [9.17, 15) is 0 Å². The Morgan fingerprint density at radius 3 is 2.62 bits per heavy atom. The van der Waals surface area contributed by atoms with Crippen LogP contribution >= 0.6 is 15.9 Å². The molecule has 21 heavy (non-hydrogen) atoms. The quantitative estimate of drug-likeness (QED) is 0.892. The summed E-state index contributed by atoms with van der Waals surface area (Å²) in [6.07, 6.45) is -0.0202. The van der Waals surface area contributed by atoms with Crippen LogP contribution in [0.5, 0.6) is 6.01 Å². The lowest BCUT2D eigenvalue weighted by atomic mass is 10.2. The number of halogens is 1. The first-order chi connectivity index (χ1) is 9.95. The fourth-order valence-electron chi connectivity index (χ4n) is 1.75. The maximum atomic E-state index is 5.72. The minimum atomic E-state index is -0.0202. The SMILES string of the molecule is CC(C)Oc1nc(N)nc(N(C)Cc2ccccc2Br)n1. The maximum absolute atomic E-state index is 5.72. The zero-order chi connectivity index (χ0) is 15.4. The maximum Gasteiger partial charge on any atom is 0.323 e. The second kappa shape index (κ2) is 6.71. The number of nitrogens with zero attached hydrogens (tertiary/aromatic N) is 4. The van der Waals surface area contributed by atoms with Crippen LogP contribution in [0.1, 0.15) is 19.4 Å². The molecular weight excluding hydrogens is 334 g/mol. The van der Waals surface area contributed by atoms with Gasteiger partial charge < -0.3 is 15.4 Å². The van der Waals surface area contributed by atoms with E-state index in [0.29, 0.717) is 12.5 Å². The van der Waals surface area contributed by atoms with Crippen LogP contribution in [0.25, 0.3) is 0 Å². The highest BCUT2D eigenvalue weighted by Gasteiger charge is 2.12. The van der Waals surface area contributed by atoms with Crippen LogP contribution in [-0.2, 0) is 6.54 Å². The van der Waals surface area contributed by atoms with Crippen molar-refractivity contribution in [2.24, 2.45) is 0 Å². The molecule has 0 spiro atoms. The van der Waals surface area contributed by atoms with E-state index in [1.807, 2.05) is 50.1 Å². The number of rotatable bonds is 5. The summed E-state index contributed by atoms with van der Waals surface area (Å²) in [5, 5.41) is 0. The smallest absolute Gasteiger partial charge is 0.323 e. The highest BCUT2D eigenvalue weighted by atomic mass is 79.9. The lowest BCUT2D eigenvalue weighted by Crippen LogP contribution is -2.21. The zero-order valence-corrected chi connectivity index (χ0v) is 13.8. The minimum absolute atomic E-state index is 0.0202. The predicted molar refractivity (Wildman–Crippen MR) is 86.3 cm³/mol. The summed E-state index contributed by atoms with van der Waals surface area (Å²) in [6, 6.07) is 8.24. The lowest BCUT2D eigenvalue weighted by Gasteiger charge is -2.18. The van der Waals surface area contributed by atoms with Crippen LogP contribution in [-0.4, -0.2) is 28.1 Å². The molecule has 0 saturated carbocycles. The molecule has 0 aliphatic rings. The van der Waals surface area contributed by atoms with Crippen molar-refractivity contribution in [3.8, 4) is 6.01 Å². The number of hydrogen-bond acceptors (Lipinski definition) is 6. The molecule has 2 N–H and O–H groups in total. The van der Waals surface area contributed by atoms with Crippen LogP contribution in [0.4, 0.5) is 11.9 Å². The Hall–Kier alpha value is -1.89. The van der Waals surface area contributed by atoms with Crippen molar-refractivity contribution in [2.45, 2.75) is 26.5 Å². The summed E-state index contributed by atoms with van der Waals surface area (Å²) in [7, 11) is 1.90. The molecule has 7 heteroatoms. The molecule has 0 atom stereocenters. The fraction of sp³-hybridized carbons (Fsp3) is 0.357. The van der Waals surface area contributed by atoms with Gasteiger partial charge in [-0.3, -0.25) is 0 Å². The number of ether oxygens (including phenoxy) is 1. The van der Waals surface area contributed by atoms with Gasteiger partial charge >= 0.3 is 6.01 Å². The lowest BCUT2D eigenvalue weighted by molar-refractivity contribution is 0.222. The van der Waals surface area contributed by atoms with Crippen molar-refractivity contribution in [1.82, 2.24) is 15.0 Å². The van der Waals surface area contributed by atoms with E-state index < -0.39 is 0 Å². The Morgan fingerprint density at radius 2 is 1.95 bits per heavy atom. The molecule has 112 valence electrons. The van der Waals surface area contributed by atoms with Gasteiger partial charge in [-0.2, -0.15) is 15.0 Å². The molecule has 2 rings (SSSR count). The van der Waals surface area contributed by atoms with Crippen LogP contribution in [0, 0.1) is 0 Å². The van der Waals surface area contributed by atoms with E-state index in [1.54, 1.807) is 0 Å². The van der Waals surface area contributed by atoms with Gasteiger partial charge in [-0.15, -0.1) is 0 Å². The van der Waals surface area contributed by atoms with Crippen LogP contribution in [0.2, 0.25) is 0 Å². The number of benzene rings is 1. The van der Waals surface area contributed by atoms with Gasteiger partial charge in [-0.25, -0.2) is 0 Å². The van der Waals surface area contributed by atoms with Gasteiger partial charge in [0.25, 0.3) is 0 Å². The average molecular weight is 352 g/mol. The first-order valence-corrected chi connectivity index (χ1v) is 7.37. The summed E-state index contributed by atoms with van der Waals surface area (Å²) >= 11 is 3.53. The highest BCUT2D eigenvalue weighted by molar-refractivity contribution is 9.10. The molecule has 1 aromatic heterocycles. The normalized spacial score (nSPS) is 10.7. The predicted octanol–water partition coefficient (Wildman–Crippen LogP) is 2.64. The molecule has 2 aromatic rings. The largest absolute Gasteiger partial charge is 0.461 e. The molecular formula is C14H18BrN5O. The van der Waals surface area contributed by atoms with Crippen molar-refractivity contribution < 1.29 is 4.74 Å². The molecule has 0 unspecified atom stereocenters. The van der Waals surface area contributed by atoms with E-state index in [1.165, 1.54) is 0 Å². The Morgan fingerprint density at radius 1 is 1.24 bits per heavy atom. The van der Waals surface area contributed by atoms with Crippen LogP contribution < -0.4 is 15.4 Å². The van der Waals surface area contributed by atoms with Gasteiger partial charge in [0.15, 0.2) is 0 Å². The van der Waals surface area contributed by atoms with Crippen molar-refractivity contribution in [2.75, 3.05) is 17.7 Å². The van der Waals surface area contributed by atoms with Gasteiger partial charge in [0.1, 0.15) is 0 Å².